The van der Waals surface area contributed by atoms with Crippen LogP contribution in [0.3, 0.4) is 0 Å². The Balaban J connectivity index is 1.78. The molecule has 0 bridgehead atoms. The molecule has 13 heteroatoms. The third-order valence-corrected chi connectivity index (χ3v) is 10.5. The number of carbonyl (C=O) groups excluding carboxylic acids is 1. The van der Waals surface area contributed by atoms with Crippen molar-refractivity contribution in [2.45, 2.75) is 54.5 Å². The molecule has 1 aromatic heterocycles. The van der Waals surface area contributed by atoms with Crippen LogP contribution in [-0.2, 0) is 22.3 Å². The van der Waals surface area contributed by atoms with E-state index in [-0.39, 0.29) is 59.6 Å². The van der Waals surface area contributed by atoms with Crippen molar-refractivity contribution in [1.29, 1.82) is 0 Å². The summed E-state index contributed by atoms with van der Waals surface area (Å²) >= 11 is 6.09. The number of rotatable bonds is 4. The Bertz CT molecular complexity index is 1590. The fraction of sp³-hybridized carbons (Fsp3) is 0.393. The largest absolute Gasteiger partial charge is 0.416 e. The molecule has 0 aliphatic carbocycles. The van der Waals surface area contributed by atoms with Crippen LogP contribution in [0.2, 0.25) is 5.02 Å². The number of aromatic nitrogens is 2. The number of benzene rings is 2. The zero-order chi connectivity index (χ0) is 29.8. The molecule has 3 aromatic rings. The second kappa shape index (κ2) is 11.0. The van der Waals surface area contributed by atoms with Gasteiger partial charge in [0.1, 0.15) is 11.6 Å². The summed E-state index contributed by atoms with van der Waals surface area (Å²) in [6, 6.07) is 5.61. The van der Waals surface area contributed by atoms with Gasteiger partial charge in [-0.25, -0.2) is 9.18 Å². The lowest BCUT2D eigenvalue weighted by Crippen LogP contribution is -2.58. The molecule has 1 fully saturated rings. The minimum atomic E-state index is -4.69. The maximum Gasteiger partial charge on any atom is 0.416 e. The van der Waals surface area contributed by atoms with E-state index in [4.69, 9.17) is 16.3 Å². The van der Waals surface area contributed by atoms with E-state index in [9.17, 15) is 27.2 Å². The highest BCUT2D eigenvalue weighted by Crippen LogP contribution is 2.52. The summed E-state index contributed by atoms with van der Waals surface area (Å²) in [4.78, 5) is 34.6. The molecular weight excluding hydrogens is 584 g/mol. The Morgan fingerprint density at radius 3 is 2.44 bits per heavy atom. The molecule has 1 unspecified atom stereocenters. The van der Waals surface area contributed by atoms with Crippen molar-refractivity contribution >= 4 is 45.1 Å². The average molecular weight is 613 g/mol. The van der Waals surface area contributed by atoms with Gasteiger partial charge >= 0.3 is 11.9 Å². The van der Waals surface area contributed by atoms with Gasteiger partial charge < -0.3 is 14.5 Å². The number of thiol groups is 1. The third kappa shape index (κ3) is 5.32. The summed E-state index contributed by atoms with van der Waals surface area (Å²) in [6.45, 7) is 7.81. The van der Waals surface area contributed by atoms with Crippen molar-refractivity contribution in [3.63, 3.8) is 0 Å². The highest BCUT2D eigenvalue weighted by molar-refractivity contribution is 8.17. The standard InChI is InChI=1S/C28H29ClF4N4O3S/c1-5-24(38)37-15(2)11-35(12-16(37)3)26-20-8-17(28(31,32)33)9-23-25(20)36(27(39)34-26)13-18(40-4)14-41(23)19-6-7-22(30)21(29)10-19/h5-10,15-16,18,41H,1,11-14H2,2-4H3/t15-,16+,18-/m0/s1. The first-order chi connectivity index (χ1) is 19.3. The van der Waals surface area contributed by atoms with Crippen molar-refractivity contribution < 1.29 is 27.1 Å². The minimum absolute atomic E-state index is 0.0830. The second-order valence-corrected chi connectivity index (χ2v) is 13.0. The van der Waals surface area contributed by atoms with Crippen LogP contribution in [-0.4, -0.2) is 64.5 Å². The quantitative estimate of drug-likeness (QED) is 0.247. The average Bonchev–Trinajstić information content (AvgIpc) is 3.09. The Hall–Kier alpha value is -3.09. The van der Waals surface area contributed by atoms with Crippen LogP contribution in [0.25, 0.3) is 10.9 Å². The van der Waals surface area contributed by atoms with Gasteiger partial charge in [-0.05, 0) is 55.2 Å². The fourth-order valence-corrected chi connectivity index (χ4v) is 8.75. The molecule has 5 rings (SSSR count). The first kappa shape index (κ1) is 29.4. The maximum absolute atomic E-state index is 14.4. The predicted octanol–water partition coefficient (Wildman–Crippen LogP) is 5.27. The van der Waals surface area contributed by atoms with Gasteiger partial charge in [0.15, 0.2) is 0 Å². The summed E-state index contributed by atoms with van der Waals surface area (Å²) in [5, 5.41) is 0.0314. The number of alkyl halides is 3. The van der Waals surface area contributed by atoms with E-state index in [0.29, 0.717) is 15.3 Å². The van der Waals surface area contributed by atoms with E-state index >= 15 is 0 Å². The van der Waals surface area contributed by atoms with Crippen molar-refractivity contribution in [2.24, 2.45) is 0 Å². The van der Waals surface area contributed by atoms with E-state index in [1.165, 1.54) is 36.0 Å². The molecule has 2 aliphatic rings. The predicted molar refractivity (Wildman–Crippen MR) is 152 cm³/mol. The number of carbonyl (C=O) groups is 1. The number of halogens is 5. The summed E-state index contributed by atoms with van der Waals surface area (Å²) < 4.78 is 64.2. The monoisotopic (exact) mass is 612 g/mol. The number of anilines is 1. The van der Waals surface area contributed by atoms with Crippen molar-refractivity contribution in [1.82, 2.24) is 14.5 Å². The number of nitrogens with zero attached hydrogens (tertiary/aromatic N) is 4. The van der Waals surface area contributed by atoms with Crippen LogP contribution >= 0.6 is 22.5 Å². The van der Waals surface area contributed by atoms with Gasteiger partial charge in [0.2, 0.25) is 5.91 Å². The van der Waals surface area contributed by atoms with Gasteiger partial charge in [-0.1, -0.05) is 18.2 Å². The van der Waals surface area contributed by atoms with E-state index < -0.39 is 40.2 Å². The number of hydrogen-bond donors (Lipinski definition) is 1. The summed E-state index contributed by atoms with van der Waals surface area (Å²) in [5.74, 6) is -0.476. The lowest BCUT2D eigenvalue weighted by Gasteiger charge is -2.44. The van der Waals surface area contributed by atoms with Gasteiger partial charge in [-0.15, -0.1) is 0 Å². The molecule has 0 saturated carbocycles. The van der Waals surface area contributed by atoms with Crippen LogP contribution in [0, 0.1) is 5.82 Å². The molecule has 2 aromatic carbocycles. The third-order valence-electron chi connectivity index (χ3n) is 7.62. The van der Waals surface area contributed by atoms with Crippen LogP contribution in [0.4, 0.5) is 23.4 Å². The fourth-order valence-electron chi connectivity index (χ4n) is 5.81. The summed E-state index contributed by atoms with van der Waals surface area (Å²) in [6.07, 6.45) is -3.98. The van der Waals surface area contributed by atoms with E-state index in [2.05, 4.69) is 11.6 Å². The highest BCUT2D eigenvalue weighted by atomic mass is 35.5. The molecular formula is C28H29ClF4N4O3S. The maximum atomic E-state index is 14.4. The SMILES string of the molecule is C=CC(=O)N1[C@H](C)CN(c2nc(=O)n3c4c(cc(C(F)(F)F)cc24)[SH](c2ccc(F)c(Cl)c2)C[C@@H](OC)C3)C[C@@H]1C. The Labute approximate surface area is 241 Å². The zero-order valence-electron chi connectivity index (χ0n) is 22.6. The van der Waals surface area contributed by atoms with E-state index in [1.54, 1.807) is 9.80 Å². The Morgan fingerprint density at radius 1 is 1.17 bits per heavy atom. The molecule has 0 N–H and O–H groups in total. The number of methoxy groups -OCH3 is 1. The van der Waals surface area contributed by atoms with Gasteiger partial charge in [-0.2, -0.15) is 29.1 Å². The van der Waals surface area contributed by atoms with Crippen molar-refractivity contribution in [3.8, 4) is 0 Å². The van der Waals surface area contributed by atoms with Crippen LogP contribution < -0.4 is 10.6 Å². The Morgan fingerprint density at radius 2 is 1.85 bits per heavy atom. The van der Waals surface area contributed by atoms with Gasteiger partial charge in [-0.3, -0.25) is 9.36 Å². The van der Waals surface area contributed by atoms with Crippen molar-refractivity contribution in [3.05, 3.63) is 69.9 Å². The van der Waals surface area contributed by atoms with E-state index in [1.807, 2.05) is 13.8 Å². The molecule has 3 heterocycles. The molecule has 2 aliphatic heterocycles. The van der Waals surface area contributed by atoms with Crippen molar-refractivity contribution in [2.75, 3.05) is 30.9 Å². The molecule has 7 nitrogen and oxygen atoms in total. The Kier molecular flexibility index (Phi) is 7.86. The van der Waals surface area contributed by atoms with Crippen LogP contribution in [0.15, 0.2) is 57.6 Å². The minimum Gasteiger partial charge on any atom is -0.379 e. The second-order valence-electron chi connectivity index (χ2n) is 10.3. The summed E-state index contributed by atoms with van der Waals surface area (Å²) in [7, 11) is -0.0839. The number of hydrogen-bond acceptors (Lipinski definition) is 5. The van der Waals surface area contributed by atoms with Gasteiger partial charge in [0.05, 0.1) is 28.8 Å². The molecule has 1 saturated heterocycles. The number of piperazine rings is 1. The lowest BCUT2D eigenvalue weighted by molar-refractivity contribution is -0.137. The normalized spacial score (nSPS) is 23.9. The molecule has 4 atom stereocenters. The molecule has 1 amide bonds. The van der Waals surface area contributed by atoms with Gasteiger partial charge in [0.25, 0.3) is 0 Å². The van der Waals surface area contributed by atoms with Crippen LogP contribution in [0.5, 0.6) is 0 Å². The smallest absolute Gasteiger partial charge is 0.379 e. The number of amides is 1. The molecule has 0 spiro atoms. The molecule has 41 heavy (non-hydrogen) atoms. The van der Waals surface area contributed by atoms with Gasteiger partial charge in [0, 0.05) is 48.3 Å². The molecule has 0 radical (unpaired) electrons. The first-order valence-corrected chi connectivity index (χ1v) is 14.8. The highest BCUT2D eigenvalue weighted by Gasteiger charge is 2.38. The molecule has 220 valence electrons. The lowest BCUT2D eigenvalue weighted by atomic mass is 10.1. The zero-order valence-corrected chi connectivity index (χ0v) is 24.2. The first-order valence-electron chi connectivity index (χ1n) is 12.9. The number of ether oxygens (including phenoxy) is 1. The summed E-state index contributed by atoms with van der Waals surface area (Å²) in [5.41, 5.74) is -1.16. The topological polar surface area (TPSA) is 67.7 Å². The van der Waals surface area contributed by atoms with Crippen LogP contribution in [0.1, 0.15) is 19.4 Å². The van der Waals surface area contributed by atoms with E-state index in [0.717, 1.165) is 12.1 Å².